The first kappa shape index (κ1) is 16.2. The molecule has 1 aliphatic heterocycles. The fourth-order valence-corrected chi connectivity index (χ4v) is 3.03. The van der Waals surface area contributed by atoms with E-state index in [1.807, 2.05) is 86.6 Å². The Kier molecular flexibility index (Phi) is 4.36. The zero-order valence-electron chi connectivity index (χ0n) is 14.2. The third kappa shape index (κ3) is 3.16. The molecule has 1 N–H and O–H groups in total. The molecule has 0 aliphatic carbocycles. The largest absolute Gasteiger partial charge is 0.309 e. The summed E-state index contributed by atoms with van der Waals surface area (Å²) in [7, 11) is 1.94. The van der Waals surface area contributed by atoms with Crippen molar-refractivity contribution in [2.45, 2.75) is 25.9 Å². The number of carbonyl (C=O) groups is 1. The lowest BCUT2D eigenvalue weighted by molar-refractivity contribution is 0.0498. The van der Waals surface area contributed by atoms with Crippen molar-refractivity contribution in [1.82, 2.24) is 10.4 Å². The first-order valence-corrected chi connectivity index (χ1v) is 8.00. The van der Waals surface area contributed by atoms with Crippen LogP contribution < -0.4 is 10.4 Å². The SMILES string of the molecule is CC1=NN(C(=O)c2ccccc2)[C@@](C)(NN(C)c2ccccc2)C1. The molecule has 0 spiro atoms. The van der Waals surface area contributed by atoms with Crippen LogP contribution in [0.3, 0.4) is 0 Å². The van der Waals surface area contributed by atoms with E-state index < -0.39 is 5.66 Å². The zero-order valence-corrected chi connectivity index (χ0v) is 14.2. The Bertz CT molecular complexity index is 744. The van der Waals surface area contributed by atoms with E-state index in [0.717, 1.165) is 11.4 Å². The van der Waals surface area contributed by atoms with Crippen LogP contribution in [-0.4, -0.2) is 29.3 Å². The van der Waals surface area contributed by atoms with Gasteiger partial charge in [0.2, 0.25) is 0 Å². The molecule has 1 aliphatic rings. The Labute approximate surface area is 142 Å². The van der Waals surface area contributed by atoms with Gasteiger partial charge in [-0.2, -0.15) is 5.10 Å². The molecule has 3 rings (SSSR count). The number of hydrogen-bond acceptors (Lipinski definition) is 4. The van der Waals surface area contributed by atoms with Crippen LogP contribution in [0.25, 0.3) is 0 Å². The molecular formula is C19H22N4O. The summed E-state index contributed by atoms with van der Waals surface area (Å²) in [5.41, 5.74) is 5.40. The van der Waals surface area contributed by atoms with Crippen LogP contribution in [0.15, 0.2) is 65.8 Å². The number of benzene rings is 2. The molecule has 0 aromatic heterocycles. The van der Waals surface area contributed by atoms with E-state index in [-0.39, 0.29) is 5.91 Å². The summed E-state index contributed by atoms with van der Waals surface area (Å²) in [6.07, 6.45) is 0.669. The van der Waals surface area contributed by atoms with Gasteiger partial charge < -0.3 is 5.01 Å². The lowest BCUT2D eigenvalue weighted by Crippen LogP contribution is -2.59. The van der Waals surface area contributed by atoms with Crippen molar-refractivity contribution in [2.75, 3.05) is 12.1 Å². The summed E-state index contributed by atoms with van der Waals surface area (Å²) in [6.45, 7) is 3.94. The molecule has 0 saturated carbocycles. The molecule has 0 saturated heterocycles. The van der Waals surface area contributed by atoms with Crippen LogP contribution in [-0.2, 0) is 0 Å². The molecule has 0 bridgehead atoms. The number of hydrogen-bond donors (Lipinski definition) is 1. The van der Waals surface area contributed by atoms with Gasteiger partial charge in [-0.05, 0) is 38.1 Å². The predicted octanol–water partition coefficient (Wildman–Crippen LogP) is 3.27. The number of hydrazine groups is 1. The highest BCUT2D eigenvalue weighted by molar-refractivity contribution is 5.97. The second-order valence-corrected chi connectivity index (χ2v) is 6.28. The van der Waals surface area contributed by atoms with E-state index in [2.05, 4.69) is 10.5 Å². The van der Waals surface area contributed by atoms with Crippen LogP contribution in [0.4, 0.5) is 5.69 Å². The molecule has 124 valence electrons. The molecule has 24 heavy (non-hydrogen) atoms. The van der Waals surface area contributed by atoms with Gasteiger partial charge in [-0.15, -0.1) is 0 Å². The Morgan fingerprint density at radius 1 is 1.12 bits per heavy atom. The Hall–Kier alpha value is -2.66. The summed E-state index contributed by atoms with van der Waals surface area (Å²) < 4.78 is 0. The average molecular weight is 322 g/mol. The number of amides is 1. The quantitative estimate of drug-likeness (QED) is 0.879. The van der Waals surface area contributed by atoms with E-state index in [4.69, 9.17) is 0 Å². The van der Waals surface area contributed by atoms with Crippen LogP contribution in [0, 0.1) is 0 Å². The average Bonchev–Trinajstić information content (AvgIpc) is 2.90. The minimum atomic E-state index is -0.610. The lowest BCUT2D eigenvalue weighted by Gasteiger charge is -2.38. The molecule has 0 radical (unpaired) electrons. The maximum atomic E-state index is 12.9. The van der Waals surface area contributed by atoms with Gasteiger partial charge in [0.25, 0.3) is 5.91 Å². The maximum Gasteiger partial charge on any atom is 0.275 e. The van der Waals surface area contributed by atoms with Gasteiger partial charge in [-0.1, -0.05) is 36.4 Å². The highest BCUT2D eigenvalue weighted by Crippen LogP contribution is 2.28. The number of hydrazone groups is 1. The molecule has 5 heteroatoms. The molecule has 1 amide bonds. The van der Waals surface area contributed by atoms with Crippen molar-refractivity contribution in [3.8, 4) is 0 Å². The van der Waals surface area contributed by atoms with Gasteiger partial charge in [0.1, 0.15) is 5.66 Å². The molecule has 1 heterocycles. The Balaban J connectivity index is 1.84. The topological polar surface area (TPSA) is 47.9 Å². The van der Waals surface area contributed by atoms with Crippen molar-refractivity contribution in [3.63, 3.8) is 0 Å². The van der Waals surface area contributed by atoms with Gasteiger partial charge in [0.05, 0.1) is 5.69 Å². The number of nitrogens with zero attached hydrogens (tertiary/aromatic N) is 3. The fraction of sp³-hybridized carbons (Fsp3) is 0.263. The minimum absolute atomic E-state index is 0.107. The van der Waals surface area contributed by atoms with Crippen LogP contribution >= 0.6 is 0 Å². The molecule has 0 unspecified atom stereocenters. The monoisotopic (exact) mass is 322 g/mol. The maximum absolute atomic E-state index is 12.9. The lowest BCUT2D eigenvalue weighted by atomic mass is 10.1. The number of anilines is 1. The highest BCUT2D eigenvalue weighted by Gasteiger charge is 2.42. The normalized spacial score (nSPS) is 20.0. The molecule has 5 nitrogen and oxygen atoms in total. The highest BCUT2D eigenvalue weighted by atomic mass is 16.2. The summed E-state index contributed by atoms with van der Waals surface area (Å²) in [4.78, 5) is 12.9. The number of rotatable bonds is 4. The molecule has 0 fully saturated rings. The van der Waals surface area contributed by atoms with Gasteiger partial charge in [-0.3, -0.25) is 4.79 Å². The second kappa shape index (κ2) is 6.45. The third-order valence-electron chi connectivity index (χ3n) is 4.10. The van der Waals surface area contributed by atoms with Crippen molar-refractivity contribution in [1.29, 1.82) is 0 Å². The number of nitrogens with one attached hydrogen (secondary N) is 1. The van der Waals surface area contributed by atoms with Crippen molar-refractivity contribution in [3.05, 3.63) is 66.2 Å². The van der Waals surface area contributed by atoms with Crippen LogP contribution in [0.5, 0.6) is 0 Å². The molecular weight excluding hydrogens is 300 g/mol. The molecule has 2 aromatic carbocycles. The Morgan fingerprint density at radius 2 is 1.71 bits per heavy atom. The molecule has 1 atom stereocenters. The standard InChI is InChI=1S/C19H22N4O/c1-15-14-19(2,21-22(3)17-12-8-5-9-13-17)23(20-15)18(24)16-10-6-4-7-11-16/h4-13,21H,14H2,1-3H3/t19-/m1/s1. The first-order valence-electron chi connectivity index (χ1n) is 8.00. The van der Waals surface area contributed by atoms with Gasteiger partial charge >= 0.3 is 0 Å². The Morgan fingerprint density at radius 3 is 2.33 bits per heavy atom. The van der Waals surface area contributed by atoms with E-state index >= 15 is 0 Å². The van der Waals surface area contributed by atoms with E-state index in [1.54, 1.807) is 5.01 Å². The van der Waals surface area contributed by atoms with Gasteiger partial charge in [0.15, 0.2) is 0 Å². The van der Waals surface area contributed by atoms with Crippen molar-refractivity contribution >= 4 is 17.3 Å². The van der Waals surface area contributed by atoms with Crippen LogP contribution in [0.1, 0.15) is 30.6 Å². The predicted molar refractivity (Wildman–Crippen MR) is 96.7 cm³/mol. The zero-order chi connectivity index (χ0) is 17.2. The van der Waals surface area contributed by atoms with Crippen LogP contribution in [0.2, 0.25) is 0 Å². The minimum Gasteiger partial charge on any atom is -0.309 e. The van der Waals surface area contributed by atoms with Crippen molar-refractivity contribution in [2.24, 2.45) is 5.10 Å². The summed E-state index contributed by atoms with van der Waals surface area (Å²) in [6, 6.07) is 19.2. The summed E-state index contributed by atoms with van der Waals surface area (Å²) >= 11 is 0. The number of carbonyl (C=O) groups excluding carboxylic acids is 1. The van der Waals surface area contributed by atoms with Gasteiger partial charge in [-0.25, -0.2) is 10.4 Å². The smallest absolute Gasteiger partial charge is 0.275 e. The summed E-state index contributed by atoms with van der Waals surface area (Å²) in [5, 5.41) is 7.96. The van der Waals surface area contributed by atoms with Gasteiger partial charge in [0, 0.05) is 24.7 Å². The first-order chi connectivity index (χ1) is 11.5. The number of para-hydroxylation sites is 1. The van der Waals surface area contributed by atoms with E-state index in [9.17, 15) is 4.79 Å². The molecule has 2 aromatic rings. The summed E-state index contributed by atoms with van der Waals surface area (Å²) in [5.74, 6) is -0.107. The van der Waals surface area contributed by atoms with E-state index in [0.29, 0.717) is 12.0 Å². The van der Waals surface area contributed by atoms with E-state index in [1.165, 1.54) is 0 Å². The fourth-order valence-electron chi connectivity index (χ4n) is 3.03. The van der Waals surface area contributed by atoms with Crippen molar-refractivity contribution < 1.29 is 4.79 Å². The second-order valence-electron chi connectivity index (χ2n) is 6.28. The third-order valence-corrected chi connectivity index (χ3v) is 4.10.